The van der Waals surface area contributed by atoms with Gasteiger partial charge < -0.3 is 5.32 Å². The number of aromatic nitrogens is 3. The maximum absolute atomic E-state index is 12.9. The topological polar surface area (TPSA) is 67.9 Å². The Morgan fingerprint density at radius 3 is 2.18 bits per heavy atom. The summed E-state index contributed by atoms with van der Waals surface area (Å²) in [6.45, 7) is 7.26. The van der Waals surface area contributed by atoms with Gasteiger partial charge in [-0.15, -0.1) is 4.68 Å². The zero-order chi connectivity index (χ0) is 23.9. The Morgan fingerprint density at radius 1 is 0.939 bits per heavy atom. The third-order valence-electron chi connectivity index (χ3n) is 6.20. The molecule has 0 saturated carbocycles. The zero-order valence-electron chi connectivity index (χ0n) is 20.9. The smallest absolute Gasteiger partial charge is 0.265 e. The molecule has 0 aliphatic carbocycles. The molecule has 0 fully saturated rings. The average molecular weight is 456 g/mol. The molecular weight excluding hydrogens is 412 g/mol. The fraction of sp³-hybridized carbons (Fsp3) is 0.630. The van der Waals surface area contributed by atoms with E-state index in [-0.39, 0.29) is 11.7 Å². The van der Waals surface area contributed by atoms with Gasteiger partial charge in [0.25, 0.3) is 6.33 Å². The Hall–Kier alpha value is -2.50. The number of hydrogen-bond donors (Lipinski definition) is 1. The van der Waals surface area contributed by atoms with Crippen LogP contribution in [0.2, 0.25) is 0 Å². The number of carbonyl (C=O) groups is 2. The molecule has 0 aliphatic rings. The molecule has 0 unspecified atom stereocenters. The summed E-state index contributed by atoms with van der Waals surface area (Å²) in [5, 5.41) is 7.39. The van der Waals surface area contributed by atoms with Gasteiger partial charge in [0.1, 0.15) is 0 Å². The Balaban J connectivity index is 1.61. The lowest BCUT2D eigenvalue weighted by atomic mass is 9.93. The quantitative estimate of drug-likeness (QED) is 0.202. The lowest BCUT2D eigenvalue weighted by Crippen LogP contribution is -2.39. The van der Waals surface area contributed by atoms with Crippen molar-refractivity contribution in [3.63, 3.8) is 0 Å². The van der Waals surface area contributed by atoms with Crippen LogP contribution in [-0.4, -0.2) is 28.0 Å². The Morgan fingerprint density at radius 2 is 1.55 bits per heavy atom. The minimum absolute atomic E-state index is 0.00702. The lowest BCUT2D eigenvalue weighted by Gasteiger charge is -2.17. The summed E-state index contributed by atoms with van der Waals surface area (Å²) < 4.78 is 3.53. The largest absolute Gasteiger partial charge is 0.356 e. The Kier molecular flexibility index (Phi) is 11.8. The van der Waals surface area contributed by atoms with Gasteiger partial charge in [0, 0.05) is 17.2 Å². The van der Waals surface area contributed by atoms with Gasteiger partial charge in [-0.05, 0) is 20.3 Å². The second-order valence-corrected chi connectivity index (χ2v) is 9.46. The van der Waals surface area contributed by atoms with E-state index in [1.54, 1.807) is 17.3 Å². The van der Waals surface area contributed by atoms with Crippen LogP contribution in [0.5, 0.6) is 0 Å². The van der Waals surface area contributed by atoms with Crippen molar-refractivity contribution < 1.29 is 14.2 Å². The average Bonchev–Trinajstić information content (AvgIpc) is 3.31. The molecule has 2 rings (SSSR count). The monoisotopic (exact) mass is 455 g/mol. The standard InChI is InChI=1S/C27H42N4O2/c1-4-5-6-7-8-9-10-11-12-16-20-28-25(32)19-21-30-22-29-31(23-30)27(2,3)26(33)24-17-14-13-15-18-24/h13-15,17-18,22-23H,4-12,16,19-21H2,1-3H3/p+1. The van der Waals surface area contributed by atoms with Gasteiger partial charge in [0.2, 0.25) is 18.0 Å². The normalized spacial score (nSPS) is 11.5. The number of unbranched alkanes of at least 4 members (excludes halogenated alkanes) is 9. The molecule has 6 heteroatoms. The van der Waals surface area contributed by atoms with Crippen LogP contribution < -0.4 is 9.88 Å². The Labute approximate surface area is 199 Å². The van der Waals surface area contributed by atoms with E-state index < -0.39 is 5.54 Å². The first-order valence-electron chi connectivity index (χ1n) is 12.8. The predicted octanol–water partition coefficient (Wildman–Crippen LogP) is 5.22. The van der Waals surface area contributed by atoms with E-state index in [1.807, 2.05) is 48.7 Å². The number of rotatable bonds is 17. The molecule has 1 aromatic heterocycles. The maximum Gasteiger partial charge on any atom is 0.265 e. The summed E-state index contributed by atoms with van der Waals surface area (Å²) in [6.07, 6.45) is 16.8. The van der Waals surface area contributed by atoms with Crippen LogP contribution in [0.15, 0.2) is 43.0 Å². The second-order valence-electron chi connectivity index (χ2n) is 9.46. The van der Waals surface area contributed by atoms with Crippen LogP contribution in [0.3, 0.4) is 0 Å². The van der Waals surface area contributed by atoms with Crippen LogP contribution in [0.25, 0.3) is 0 Å². The molecular formula is C27H43N4O2+. The van der Waals surface area contributed by atoms with Crippen molar-refractivity contribution in [1.29, 1.82) is 0 Å². The fourth-order valence-corrected chi connectivity index (χ4v) is 3.93. The highest BCUT2D eigenvalue weighted by molar-refractivity contribution is 6.01. The van der Waals surface area contributed by atoms with Gasteiger partial charge in [0.05, 0.1) is 13.0 Å². The molecule has 1 heterocycles. The van der Waals surface area contributed by atoms with Crippen molar-refractivity contribution in [3.8, 4) is 0 Å². The van der Waals surface area contributed by atoms with E-state index in [9.17, 15) is 9.59 Å². The van der Waals surface area contributed by atoms with Crippen LogP contribution in [0, 0.1) is 0 Å². The lowest BCUT2D eigenvalue weighted by molar-refractivity contribution is -0.696. The SMILES string of the molecule is CCCCCCCCCCCCNC(=O)CC[n+]1cnn(C(C)(C)C(=O)c2ccccc2)c1. The highest BCUT2D eigenvalue weighted by Crippen LogP contribution is 2.19. The van der Waals surface area contributed by atoms with Gasteiger partial charge in [-0.2, -0.15) is 0 Å². The maximum atomic E-state index is 12.9. The molecule has 182 valence electrons. The predicted molar refractivity (Wildman–Crippen MR) is 132 cm³/mol. The minimum Gasteiger partial charge on any atom is -0.356 e. The molecule has 1 aromatic carbocycles. The van der Waals surface area contributed by atoms with Gasteiger partial charge in [-0.25, -0.2) is 4.57 Å². The molecule has 1 amide bonds. The van der Waals surface area contributed by atoms with Gasteiger partial charge in [-0.1, -0.05) is 95.0 Å². The minimum atomic E-state index is -0.801. The molecule has 0 atom stereocenters. The molecule has 0 spiro atoms. The van der Waals surface area contributed by atoms with Crippen LogP contribution in [0.4, 0.5) is 0 Å². The third-order valence-corrected chi connectivity index (χ3v) is 6.20. The van der Waals surface area contributed by atoms with Crippen molar-refractivity contribution in [2.75, 3.05) is 6.54 Å². The number of Topliss-reactive ketones (excluding diaryl/α,β-unsaturated/α-hetero) is 1. The molecule has 0 radical (unpaired) electrons. The molecule has 1 N–H and O–H groups in total. The first kappa shape index (κ1) is 26.7. The molecule has 0 aliphatic heterocycles. The molecule has 33 heavy (non-hydrogen) atoms. The molecule has 6 nitrogen and oxygen atoms in total. The summed E-state index contributed by atoms with van der Waals surface area (Å²) in [6, 6.07) is 9.26. The first-order chi connectivity index (χ1) is 15.9. The zero-order valence-corrected chi connectivity index (χ0v) is 20.9. The third kappa shape index (κ3) is 9.48. The van der Waals surface area contributed by atoms with E-state index in [2.05, 4.69) is 17.3 Å². The number of amides is 1. The van der Waals surface area contributed by atoms with Crippen molar-refractivity contribution in [3.05, 3.63) is 48.5 Å². The van der Waals surface area contributed by atoms with Gasteiger partial charge >= 0.3 is 0 Å². The Bertz CT molecular complexity index is 830. The van der Waals surface area contributed by atoms with E-state index in [0.717, 1.165) is 13.0 Å². The summed E-state index contributed by atoms with van der Waals surface area (Å²) in [7, 11) is 0. The van der Waals surface area contributed by atoms with Crippen LogP contribution in [0.1, 0.15) is 102 Å². The van der Waals surface area contributed by atoms with Crippen LogP contribution in [-0.2, 0) is 16.9 Å². The molecule has 0 saturated heterocycles. The summed E-state index contributed by atoms with van der Waals surface area (Å²) >= 11 is 0. The summed E-state index contributed by atoms with van der Waals surface area (Å²) in [5.74, 6) is 0.0679. The highest BCUT2D eigenvalue weighted by atomic mass is 16.1. The number of nitrogens with zero attached hydrogens (tertiary/aromatic N) is 3. The number of carbonyl (C=O) groups excluding carboxylic acids is 2. The van der Waals surface area contributed by atoms with Crippen molar-refractivity contribution in [2.24, 2.45) is 0 Å². The number of benzene rings is 1. The number of ketones is 1. The highest BCUT2D eigenvalue weighted by Gasteiger charge is 2.36. The molecule has 0 bridgehead atoms. The number of hydrogen-bond acceptors (Lipinski definition) is 3. The van der Waals surface area contributed by atoms with E-state index in [1.165, 1.54) is 57.8 Å². The summed E-state index contributed by atoms with van der Waals surface area (Å²) in [4.78, 5) is 25.1. The van der Waals surface area contributed by atoms with E-state index in [4.69, 9.17) is 0 Å². The van der Waals surface area contributed by atoms with Gasteiger partial charge in [0.15, 0.2) is 5.54 Å². The van der Waals surface area contributed by atoms with Crippen molar-refractivity contribution in [2.45, 2.75) is 103 Å². The summed E-state index contributed by atoms with van der Waals surface area (Å²) in [5.41, 5.74) is -0.138. The van der Waals surface area contributed by atoms with Crippen LogP contribution >= 0.6 is 0 Å². The fourth-order valence-electron chi connectivity index (χ4n) is 3.93. The number of aryl methyl sites for hydroxylation is 1. The van der Waals surface area contributed by atoms with Gasteiger partial charge in [-0.3, -0.25) is 9.59 Å². The first-order valence-corrected chi connectivity index (χ1v) is 12.8. The number of nitrogens with one attached hydrogen (secondary N) is 1. The van der Waals surface area contributed by atoms with E-state index >= 15 is 0 Å². The van der Waals surface area contributed by atoms with Crippen molar-refractivity contribution in [1.82, 2.24) is 15.1 Å². The second kappa shape index (κ2) is 14.6. The van der Waals surface area contributed by atoms with E-state index in [0.29, 0.717) is 18.5 Å². The van der Waals surface area contributed by atoms with Crippen molar-refractivity contribution >= 4 is 11.7 Å². The molecule has 2 aromatic rings.